The number of aromatic nitrogens is 1. The highest BCUT2D eigenvalue weighted by atomic mass is 32.1. The summed E-state index contributed by atoms with van der Waals surface area (Å²) in [5.74, 6) is 0.956. The summed E-state index contributed by atoms with van der Waals surface area (Å²) >= 11 is 1.73. The first-order chi connectivity index (χ1) is 10.5. The van der Waals surface area contributed by atoms with Crippen LogP contribution in [0, 0.1) is 13.8 Å². The van der Waals surface area contributed by atoms with Gasteiger partial charge in [-0.25, -0.2) is 4.98 Å². The third-order valence-corrected chi connectivity index (χ3v) is 4.58. The number of hydrogen-bond acceptors (Lipinski definition) is 3. The molecule has 3 N–H and O–H groups in total. The van der Waals surface area contributed by atoms with Crippen LogP contribution in [0.25, 0.3) is 0 Å². The summed E-state index contributed by atoms with van der Waals surface area (Å²) in [7, 11) is 0. The molecular weight excluding hydrogens is 292 g/mol. The smallest absolute Gasteiger partial charge is 0.193 e. The average Bonchev–Trinajstić information content (AvgIpc) is 2.77. The quantitative estimate of drug-likeness (QED) is 0.650. The summed E-state index contributed by atoms with van der Waals surface area (Å²) in [6.45, 7) is 9.10. The van der Waals surface area contributed by atoms with Crippen LogP contribution in [0.3, 0.4) is 0 Å². The molecular formula is C17H24N4S. The molecule has 1 heterocycles. The van der Waals surface area contributed by atoms with E-state index in [9.17, 15) is 0 Å². The second kappa shape index (κ2) is 7.40. The van der Waals surface area contributed by atoms with Crippen molar-refractivity contribution in [1.82, 2.24) is 4.98 Å². The van der Waals surface area contributed by atoms with Crippen LogP contribution >= 0.6 is 11.3 Å². The third-order valence-electron chi connectivity index (χ3n) is 3.45. The minimum absolute atomic E-state index is 0.458. The Morgan fingerprint density at radius 3 is 2.77 bits per heavy atom. The third kappa shape index (κ3) is 4.56. The van der Waals surface area contributed by atoms with Crippen molar-refractivity contribution in [1.29, 1.82) is 0 Å². The van der Waals surface area contributed by atoms with Crippen molar-refractivity contribution in [3.05, 3.63) is 45.4 Å². The normalized spacial score (nSPS) is 12.0. The number of guanidine groups is 1. The lowest BCUT2D eigenvalue weighted by Gasteiger charge is -2.09. The van der Waals surface area contributed by atoms with Crippen LogP contribution in [0.5, 0.6) is 0 Å². The van der Waals surface area contributed by atoms with E-state index < -0.39 is 0 Å². The molecule has 2 rings (SSSR count). The molecule has 0 fully saturated rings. The second-order valence-corrected chi connectivity index (χ2v) is 6.95. The minimum atomic E-state index is 0.458. The van der Waals surface area contributed by atoms with Crippen molar-refractivity contribution in [3.8, 4) is 0 Å². The fourth-order valence-electron chi connectivity index (χ4n) is 2.25. The number of benzene rings is 1. The number of nitrogens with one attached hydrogen (secondary N) is 1. The number of aliphatic imine (C=N–C) groups is 1. The van der Waals surface area contributed by atoms with Gasteiger partial charge < -0.3 is 11.1 Å². The summed E-state index contributed by atoms with van der Waals surface area (Å²) in [6, 6.07) is 8.28. The first-order valence-electron chi connectivity index (χ1n) is 7.55. The highest BCUT2D eigenvalue weighted by molar-refractivity contribution is 7.11. The number of thiazole rings is 1. The molecule has 22 heavy (non-hydrogen) atoms. The summed E-state index contributed by atoms with van der Waals surface area (Å²) in [5, 5.41) is 4.26. The zero-order valence-electron chi connectivity index (χ0n) is 13.7. The molecule has 1 aromatic carbocycles. The van der Waals surface area contributed by atoms with Crippen LogP contribution in [0.15, 0.2) is 29.3 Å². The maximum atomic E-state index is 5.97. The van der Waals surface area contributed by atoms with Gasteiger partial charge in [0.15, 0.2) is 5.96 Å². The van der Waals surface area contributed by atoms with Crippen molar-refractivity contribution in [2.45, 2.75) is 40.0 Å². The Morgan fingerprint density at radius 2 is 2.14 bits per heavy atom. The average molecular weight is 316 g/mol. The number of nitrogens with two attached hydrogens (primary N) is 1. The van der Waals surface area contributed by atoms with Crippen LogP contribution in [-0.4, -0.2) is 17.5 Å². The minimum Gasteiger partial charge on any atom is -0.370 e. The molecule has 5 heteroatoms. The molecule has 0 saturated carbocycles. The van der Waals surface area contributed by atoms with E-state index >= 15 is 0 Å². The first kappa shape index (κ1) is 16.5. The molecule has 4 nitrogen and oxygen atoms in total. The predicted octanol–water partition coefficient (Wildman–Crippen LogP) is 3.85. The Bertz CT molecular complexity index is 658. The summed E-state index contributed by atoms with van der Waals surface area (Å²) in [6.07, 6.45) is 0.881. The summed E-state index contributed by atoms with van der Waals surface area (Å²) < 4.78 is 0. The van der Waals surface area contributed by atoms with Crippen LogP contribution in [-0.2, 0) is 6.42 Å². The van der Waals surface area contributed by atoms with Gasteiger partial charge in [-0.15, -0.1) is 11.3 Å². The maximum Gasteiger partial charge on any atom is 0.193 e. The van der Waals surface area contributed by atoms with E-state index in [1.807, 2.05) is 26.0 Å². The maximum absolute atomic E-state index is 5.97. The standard InChI is InChI=1S/C17H24N4S/c1-11(2)14-6-5-7-15(10-14)21-17(18)19-9-8-16-12(3)20-13(4)22-16/h5-7,10-11H,8-9H2,1-4H3,(H3,18,19,21). The Morgan fingerprint density at radius 1 is 1.36 bits per heavy atom. The van der Waals surface area contributed by atoms with Gasteiger partial charge in [0.2, 0.25) is 0 Å². The molecule has 0 aliphatic heterocycles. The highest BCUT2D eigenvalue weighted by Gasteiger charge is 2.04. The van der Waals surface area contributed by atoms with Crippen LogP contribution in [0.1, 0.15) is 40.9 Å². The molecule has 2 aromatic rings. The monoisotopic (exact) mass is 316 g/mol. The lowest BCUT2D eigenvalue weighted by atomic mass is 10.0. The molecule has 118 valence electrons. The lowest BCUT2D eigenvalue weighted by molar-refractivity contribution is 0.867. The van der Waals surface area contributed by atoms with Gasteiger partial charge in [0.25, 0.3) is 0 Å². The molecule has 0 bridgehead atoms. The molecule has 0 atom stereocenters. The molecule has 0 saturated heterocycles. The second-order valence-electron chi connectivity index (χ2n) is 5.66. The van der Waals surface area contributed by atoms with E-state index in [0.717, 1.165) is 22.8 Å². The largest absolute Gasteiger partial charge is 0.370 e. The number of rotatable bonds is 5. The van der Waals surface area contributed by atoms with Gasteiger partial charge in [-0.3, -0.25) is 4.99 Å². The Labute approximate surface area is 136 Å². The zero-order chi connectivity index (χ0) is 16.1. The van der Waals surface area contributed by atoms with Crippen molar-refractivity contribution in [2.75, 3.05) is 11.9 Å². The number of nitrogens with zero attached hydrogens (tertiary/aromatic N) is 2. The van der Waals surface area contributed by atoms with Crippen LogP contribution < -0.4 is 11.1 Å². The van der Waals surface area contributed by atoms with Gasteiger partial charge in [-0.05, 0) is 37.5 Å². The van der Waals surface area contributed by atoms with E-state index in [1.165, 1.54) is 10.4 Å². The van der Waals surface area contributed by atoms with E-state index in [0.29, 0.717) is 18.4 Å². The molecule has 0 amide bonds. The van der Waals surface area contributed by atoms with Crippen LogP contribution in [0.4, 0.5) is 5.69 Å². The first-order valence-corrected chi connectivity index (χ1v) is 8.37. The van der Waals surface area contributed by atoms with Crippen molar-refractivity contribution in [3.63, 3.8) is 0 Å². The Hall–Kier alpha value is -1.88. The molecule has 0 unspecified atom stereocenters. The summed E-state index contributed by atoms with van der Waals surface area (Å²) in [4.78, 5) is 10.1. The van der Waals surface area contributed by atoms with Gasteiger partial charge in [-0.2, -0.15) is 0 Å². The number of aryl methyl sites for hydroxylation is 2. The SMILES string of the molecule is Cc1nc(C)c(CCN=C(N)Nc2cccc(C(C)C)c2)s1. The molecule has 0 aliphatic carbocycles. The number of anilines is 1. The lowest BCUT2D eigenvalue weighted by Crippen LogP contribution is -2.23. The van der Waals surface area contributed by atoms with E-state index in [-0.39, 0.29) is 0 Å². The van der Waals surface area contributed by atoms with Gasteiger partial charge in [0.1, 0.15) is 0 Å². The fourth-order valence-corrected chi connectivity index (χ4v) is 3.17. The Kier molecular flexibility index (Phi) is 5.55. The van der Waals surface area contributed by atoms with Gasteiger partial charge in [-0.1, -0.05) is 26.0 Å². The zero-order valence-corrected chi connectivity index (χ0v) is 14.5. The molecule has 1 aromatic heterocycles. The number of hydrogen-bond donors (Lipinski definition) is 2. The van der Waals surface area contributed by atoms with Crippen molar-refractivity contribution < 1.29 is 0 Å². The van der Waals surface area contributed by atoms with Crippen molar-refractivity contribution in [2.24, 2.45) is 10.7 Å². The molecule has 0 spiro atoms. The van der Waals surface area contributed by atoms with Gasteiger partial charge in [0.05, 0.1) is 10.7 Å². The van der Waals surface area contributed by atoms with E-state index in [4.69, 9.17) is 5.73 Å². The van der Waals surface area contributed by atoms with E-state index in [1.54, 1.807) is 11.3 Å². The topological polar surface area (TPSA) is 63.3 Å². The van der Waals surface area contributed by atoms with Crippen LogP contribution in [0.2, 0.25) is 0 Å². The molecule has 0 radical (unpaired) electrons. The van der Waals surface area contributed by atoms with Gasteiger partial charge in [0, 0.05) is 23.5 Å². The fraction of sp³-hybridized carbons (Fsp3) is 0.412. The highest BCUT2D eigenvalue weighted by Crippen LogP contribution is 2.19. The summed E-state index contributed by atoms with van der Waals surface area (Å²) in [5.41, 5.74) is 9.34. The Balaban J connectivity index is 1.92. The molecule has 0 aliphatic rings. The van der Waals surface area contributed by atoms with Crippen molar-refractivity contribution >= 4 is 23.0 Å². The van der Waals surface area contributed by atoms with Gasteiger partial charge >= 0.3 is 0 Å². The predicted molar refractivity (Wildman–Crippen MR) is 95.9 cm³/mol. The van der Waals surface area contributed by atoms with E-state index in [2.05, 4.69) is 41.3 Å².